The number of primary amides is 1. The van der Waals surface area contributed by atoms with Crippen LogP contribution in [0.5, 0.6) is 0 Å². The summed E-state index contributed by atoms with van der Waals surface area (Å²) < 4.78 is 0. The summed E-state index contributed by atoms with van der Waals surface area (Å²) in [4.78, 5) is 103. The topological polar surface area (TPSA) is 317 Å². The maximum atomic E-state index is 13.6. The third-order valence-corrected chi connectivity index (χ3v) is 7.58. The number of aromatic amines is 1. The molecule has 0 aliphatic rings. The fraction of sp³-hybridized carbons (Fsp3) is 0.500. The first kappa shape index (κ1) is 41.6. The summed E-state index contributed by atoms with van der Waals surface area (Å²) in [6.45, 7) is 4.31. The van der Waals surface area contributed by atoms with E-state index in [2.05, 4.69) is 36.9 Å². The van der Waals surface area contributed by atoms with Crippen LogP contribution in [0.4, 0.5) is 0 Å². The maximum absolute atomic E-state index is 13.6. The predicted octanol–water partition coefficient (Wildman–Crippen LogP) is -3.38. The van der Waals surface area contributed by atoms with Gasteiger partial charge in [-0.25, -0.2) is 0 Å². The molecule has 280 valence electrons. The number of aliphatic hydroxyl groups excluding tert-OH is 1. The molecular weight excluding hydrogens is 670 g/mol. The van der Waals surface area contributed by atoms with Crippen molar-refractivity contribution in [1.29, 1.82) is 0 Å². The zero-order chi connectivity index (χ0) is 38.2. The minimum absolute atomic E-state index is 0.117. The lowest BCUT2D eigenvalue weighted by atomic mass is 10.0. The van der Waals surface area contributed by atoms with Crippen LogP contribution in [-0.4, -0.2) is 112 Å². The van der Waals surface area contributed by atoms with Gasteiger partial charge in [-0.15, -0.1) is 0 Å². The Bertz CT molecular complexity index is 1580. The number of aliphatic carboxylic acids is 1. The second-order valence-corrected chi connectivity index (χ2v) is 12.2. The Morgan fingerprint density at radius 2 is 1.45 bits per heavy atom. The van der Waals surface area contributed by atoms with Gasteiger partial charge in [0.1, 0.15) is 24.2 Å². The molecule has 1 heterocycles. The molecule has 0 radical (unpaired) electrons. The molecule has 13 N–H and O–H groups in total. The first-order valence-corrected chi connectivity index (χ1v) is 16.2. The van der Waals surface area contributed by atoms with Crippen molar-refractivity contribution in [1.82, 2.24) is 36.9 Å². The smallest absolute Gasteiger partial charge is 0.305 e. The van der Waals surface area contributed by atoms with Crippen molar-refractivity contribution in [2.75, 3.05) is 19.7 Å². The summed E-state index contributed by atoms with van der Waals surface area (Å²) in [5.74, 6) is -7.62. The van der Waals surface area contributed by atoms with E-state index in [4.69, 9.17) is 21.7 Å². The van der Waals surface area contributed by atoms with E-state index < -0.39 is 96.3 Å². The molecule has 1 aromatic carbocycles. The summed E-state index contributed by atoms with van der Waals surface area (Å²) in [6.07, 6.45) is 0.397. The number of nitrogens with two attached hydrogens (primary N) is 2. The van der Waals surface area contributed by atoms with Crippen LogP contribution in [0.3, 0.4) is 0 Å². The highest BCUT2D eigenvalue weighted by Gasteiger charge is 2.32. The number of hydrogen-bond acceptors (Lipinski definition) is 10. The molecule has 0 aliphatic carbocycles. The number of benzene rings is 1. The Labute approximate surface area is 293 Å². The largest absolute Gasteiger partial charge is 0.481 e. The Morgan fingerprint density at radius 1 is 0.804 bits per heavy atom. The molecule has 2 rings (SSSR count). The second kappa shape index (κ2) is 20.2. The first-order chi connectivity index (χ1) is 24.0. The van der Waals surface area contributed by atoms with Crippen LogP contribution in [-0.2, 0) is 44.8 Å². The lowest BCUT2D eigenvalue weighted by Crippen LogP contribution is -2.59. The summed E-state index contributed by atoms with van der Waals surface area (Å²) >= 11 is 0. The summed E-state index contributed by atoms with van der Waals surface area (Å²) in [5.41, 5.74) is 12.4. The van der Waals surface area contributed by atoms with Crippen molar-refractivity contribution in [2.24, 2.45) is 17.4 Å². The van der Waals surface area contributed by atoms with Crippen LogP contribution in [0.1, 0.15) is 45.6 Å². The van der Waals surface area contributed by atoms with Gasteiger partial charge in [-0.05, 0) is 30.9 Å². The molecule has 5 atom stereocenters. The number of amides is 7. The van der Waals surface area contributed by atoms with Gasteiger partial charge in [-0.2, -0.15) is 0 Å². The monoisotopic (exact) mass is 717 g/mol. The second-order valence-electron chi connectivity index (χ2n) is 12.2. The van der Waals surface area contributed by atoms with Crippen LogP contribution in [0.15, 0.2) is 30.5 Å². The van der Waals surface area contributed by atoms with Crippen molar-refractivity contribution in [3.05, 3.63) is 36.0 Å². The highest BCUT2D eigenvalue weighted by Crippen LogP contribution is 2.19. The molecule has 0 aliphatic heterocycles. The quantitative estimate of drug-likeness (QED) is 0.0566. The molecule has 0 fully saturated rings. The van der Waals surface area contributed by atoms with E-state index in [1.807, 2.05) is 0 Å². The minimum Gasteiger partial charge on any atom is -0.481 e. The number of nitrogens with one attached hydrogen (secondary N) is 7. The fourth-order valence-corrected chi connectivity index (χ4v) is 4.81. The summed E-state index contributed by atoms with van der Waals surface area (Å²) in [7, 11) is 0. The van der Waals surface area contributed by atoms with E-state index in [1.54, 1.807) is 44.3 Å². The third-order valence-electron chi connectivity index (χ3n) is 7.58. The van der Waals surface area contributed by atoms with Crippen LogP contribution in [0.25, 0.3) is 10.9 Å². The van der Waals surface area contributed by atoms with Crippen molar-refractivity contribution in [3.63, 3.8) is 0 Å². The van der Waals surface area contributed by atoms with Gasteiger partial charge in [-0.1, -0.05) is 32.0 Å². The highest BCUT2D eigenvalue weighted by atomic mass is 16.4. The van der Waals surface area contributed by atoms with Gasteiger partial charge in [0.15, 0.2) is 0 Å². The standard InChI is InChI=1S/C32H47N9O10/c1-16(2)27(32(51)37-15-25(44)35-9-6-10-42)41-28(47)17(3)38-30(49)23(13-24(34)43)40-31(50)22(39-29(48)20(33)12-26(45)46)11-18-14-36-21-8-5-4-7-19(18)21/h4-5,7-8,14,16-17,20,22-23,27,36,42H,6,9-13,15,33H2,1-3H3,(H2,34,43)(H,35,44)(H,37,51)(H,38,49)(H,39,48)(H,40,50)(H,41,47)(H,45,46)/t17-,20-,22-,23-,27-/m0/s1. The molecule has 1 aromatic heterocycles. The number of fused-ring (bicyclic) bond motifs is 1. The zero-order valence-electron chi connectivity index (χ0n) is 28.6. The van der Waals surface area contributed by atoms with Crippen molar-refractivity contribution in [2.45, 2.75) is 76.7 Å². The summed E-state index contributed by atoms with van der Waals surface area (Å²) in [6, 6.07) is 0.187. The van der Waals surface area contributed by atoms with E-state index in [1.165, 1.54) is 6.92 Å². The molecule has 0 unspecified atom stereocenters. The molecule has 0 spiro atoms. The number of para-hydroxylation sites is 1. The number of carbonyl (C=O) groups is 8. The number of hydrogen-bond donors (Lipinski definition) is 11. The molecule has 7 amide bonds. The Balaban J connectivity index is 2.17. The van der Waals surface area contributed by atoms with E-state index in [-0.39, 0.29) is 26.1 Å². The highest BCUT2D eigenvalue weighted by molar-refractivity contribution is 5.98. The van der Waals surface area contributed by atoms with Gasteiger partial charge in [-0.3, -0.25) is 38.4 Å². The molecule has 2 aromatic rings. The number of H-pyrrole nitrogens is 1. The van der Waals surface area contributed by atoms with Gasteiger partial charge in [0, 0.05) is 36.7 Å². The number of aromatic nitrogens is 1. The predicted molar refractivity (Wildman–Crippen MR) is 182 cm³/mol. The van der Waals surface area contributed by atoms with Crippen LogP contribution in [0.2, 0.25) is 0 Å². The van der Waals surface area contributed by atoms with Crippen molar-refractivity contribution >= 4 is 58.2 Å². The number of aliphatic hydroxyl groups is 1. The molecule has 19 heteroatoms. The van der Waals surface area contributed by atoms with Crippen LogP contribution < -0.4 is 43.4 Å². The lowest BCUT2D eigenvalue weighted by molar-refractivity contribution is -0.140. The third kappa shape index (κ3) is 13.7. The average molecular weight is 718 g/mol. The fourth-order valence-electron chi connectivity index (χ4n) is 4.81. The van der Waals surface area contributed by atoms with Crippen LogP contribution in [0, 0.1) is 5.92 Å². The first-order valence-electron chi connectivity index (χ1n) is 16.2. The molecule has 51 heavy (non-hydrogen) atoms. The normalized spacial score (nSPS) is 13.9. The van der Waals surface area contributed by atoms with E-state index >= 15 is 0 Å². The van der Waals surface area contributed by atoms with Gasteiger partial charge in [0.25, 0.3) is 0 Å². The lowest BCUT2D eigenvalue weighted by Gasteiger charge is -2.26. The van der Waals surface area contributed by atoms with Gasteiger partial charge in [0.05, 0.1) is 25.4 Å². The number of rotatable bonds is 21. The molecular formula is C32H47N9O10. The summed E-state index contributed by atoms with van der Waals surface area (Å²) in [5, 5.41) is 33.2. The Kier molecular flexibility index (Phi) is 16.5. The van der Waals surface area contributed by atoms with Crippen LogP contribution >= 0.6 is 0 Å². The van der Waals surface area contributed by atoms with E-state index in [0.717, 1.165) is 10.9 Å². The van der Waals surface area contributed by atoms with E-state index in [9.17, 15) is 38.4 Å². The zero-order valence-corrected chi connectivity index (χ0v) is 28.6. The van der Waals surface area contributed by atoms with Crippen molar-refractivity contribution in [3.8, 4) is 0 Å². The Morgan fingerprint density at radius 3 is 2.08 bits per heavy atom. The van der Waals surface area contributed by atoms with Crippen molar-refractivity contribution < 1.29 is 48.6 Å². The SMILES string of the molecule is CC(C)[C@H](NC(=O)[C@H](C)NC(=O)[C@H](CC(N)=O)NC(=O)[C@H](Cc1c[nH]c2ccccc12)NC(=O)[C@@H](N)CC(=O)O)C(=O)NCC(=O)NCCCO. The number of carboxylic acids is 1. The average Bonchev–Trinajstić information content (AvgIpc) is 3.47. The molecule has 0 bridgehead atoms. The Hall–Kier alpha value is -5.56. The minimum atomic E-state index is -1.62. The maximum Gasteiger partial charge on any atom is 0.305 e. The molecule has 0 saturated carbocycles. The molecule has 19 nitrogen and oxygen atoms in total. The molecule has 0 saturated heterocycles. The van der Waals surface area contributed by atoms with E-state index in [0.29, 0.717) is 12.0 Å². The van der Waals surface area contributed by atoms with Gasteiger partial charge in [0.2, 0.25) is 41.4 Å². The van der Waals surface area contributed by atoms with Gasteiger partial charge >= 0.3 is 5.97 Å². The number of carboxylic acid groups (broad SMARTS) is 1. The number of carbonyl (C=O) groups excluding carboxylic acids is 7. The van der Waals surface area contributed by atoms with Gasteiger partial charge < -0.3 is 58.6 Å².